The molecule has 17 heavy (non-hydrogen) atoms. The van der Waals surface area contributed by atoms with Gasteiger partial charge < -0.3 is 10.5 Å². The Labute approximate surface area is 110 Å². The third-order valence-electron chi connectivity index (χ3n) is 2.70. The maximum atomic E-state index is 5.85. The van der Waals surface area contributed by atoms with Crippen molar-refractivity contribution in [2.45, 2.75) is 13.5 Å². The van der Waals surface area contributed by atoms with Crippen molar-refractivity contribution in [2.24, 2.45) is 0 Å². The number of rotatable bonds is 3. The van der Waals surface area contributed by atoms with E-state index in [1.54, 1.807) is 0 Å². The molecule has 0 fully saturated rings. The van der Waals surface area contributed by atoms with E-state index in [2.05, 4.69) is 15.9 Å². The van der Waals surface area contributed by atoms with Gasteiger partial charge in [-0.15, -0.1) is 0 Å². The first-order valence-electron chi connectivity index (χ1n) is 5.39. The summed E-state index contributed by atoms with van der Waals surface area (Å²) in [6, 6.07) is 13.7. The second kappa shape index (κ2) is 5.23. The third kappa shape index (κ3) is 3.01. The SMILES string of the molecule is Cc1c(N)cccc1COc1ccc(Br)cc1. The van der Waals surface area contributed by atoms with Crippen LogP contribution in [0.1, 0.15) is 11.1 Å². The zero-order chi connectivity index (χ0) is 12.3. The van der Waals surface area contributed by atoms with Crippen LogP contribution >= 0.6 is 15.9 Å². The second-order valence-electron chi connectivity index (χ2n) is 3.87. The van der Waals surface area contributed by atoms with Crippen LogP contribution in [0.3, 0.4) is 0 Å². The standard InChI is InChI=1S/C14H14BrNO/c1-10-11(3-2-4-14(10)16)9-17-13-7-5-12(15)6-8-13/h2-8H,9,16H2,1H3. The Hall–Kier alpha value is -1.48. The Bertz CT molecular complexity index is 508. The van der Waals surface area contributed by atoms with Crippen LogP contribution in [0, 0.1) is 6.92 Å². The monoisotopic (exact) mass is 291 g/mol. The van der Waals surface area contributed by atoms with Gasteiger partial charge in [-0.05, 0) is 48.4 Å². The number of nitrogen functional groups attached to an aromatic ring is 1. The highest BCUT2D eigenvalue weighted by Gasteiger charge is 2.02. The molecule has 0 radical (unpaired) electrons. The van der Waals surface area contributed by atoms with E-state index < -0.39 is 0 Å². The van der Waals surface area contributed by atoms with Crippen LogP contribution in [0.5, 0.6) is 5.75 Å². The molecule has 2 aromatic rings. The van der Waals surface area contributed by atoms with E-state index in [0.29, 0.717) is 6.61 Å². The minimum atomic E-state index is 0.540. The highest BCUT2D eigenvalue weighted by molar-refractivity contribution is 9.10. The van der Waals surface area contributed by atoms with Crippen LogP contribution in [0.25, 0.3) is 0 Å². The molecule has 0 aliphatic rings. The summed E-state index contributed by atoms with van der Waals surface area (Å²) >= 11 is 3.39. The van der Waals surface area contributed by atoms with E-state index in [9.17, 15) is 0 Å². The van der Waals surface area contributed by atoms with Crippen LogP contribution in [0.15, 0.2) is 46.9 Å². The first-order chi connectivity index (χ1) is 8.16. The minimum absolute atomic E-state index is 0.540. The highest BCUT2D eigenvalue weighted by atomic mass is 79.9. The first kappa shape index (κ1) is 12.0. The van der Waals surface area contributed by atoms with E-state index in [0.717, 1.165) is 27.0 Å². The van der Waals surface area contributed by atoms with E-state index in [4.69, 9.17) is 10.5 Å². The molecule has 0 saturated heterocycles. The normalized spacial score (nSPS) is 10.2. The van der Waals surface area contributed by atoms with Crippen LogP contribution in [-0.2, 0) is 6.61 Å². The van der Waals surface area contributed by atoms with Crippen molar-refractivity contribution < 1.29 is 4.74 Å². The van der Waals surface area contributed by atoms with E-state index in [1.165, 1.54) is 0 Å². The molecule has 0 aliphatic heterocycles. The molecule has 2 rings (SSSR count). The van der Waals surface area contributed by atoms with Gasteiger partial charge in [0.1, 0.15) is 12.4 Å². The van der Waals surface area contributed by atoms with Crippen molar-refractivity contribution in [3.05, 3.63) is 58.1 Å². The molecule has 0 unspecified atom stereocenters. The summed E-state index contributed by atoms with van der Waals surface area (Å²) in [5.41, 5.74) is 8.86. The molecule has 0 aliphatic carbocycles. The van der Waals surface area contributed by atoms with Gasteiger partial charge >= 0.3 is 0 Å². The number of halogens is 1. The van der Waals surface area contributed by atoms with Gasteiger partial charge in [0.05, 0.1) is 0 Å². The van der Waals surface area contributed by atoms with Crippen molar-refractivity contribution in [1.82, 2.24) is 0 Å². The fourth-order valence-electron chi connectivity index (χ4n) is 1.55. The van der Waals surface area contributed by atoms with Crippen molar-refractivity contribution in [2.75, 3.05) is 5.73 Å². The number of anilines is 1. The molecule has 0 spiro atoms. The van der Waals surface area contributed by atoms with Crippen LogP contribution in [0.2, 0.25) is 0 Å². The fourth-order valence-corrected chi connectivity index (χ4v) is 1.82. The van der Waals surface area contributed by atoms with Gasteiger partial charge in [0.15, 0.2) is 0 Å². The number of hydrogen-bond acceptors (Lipinski definition) is 2. The lowest BCUT2D eigenvalue weighted by molar-refractivity contribution is 0.305. The maximum Gasteiger partial charge on any atom is 0.119 e. The van der Waals surface area contributed by atoms with Gasteiger partial charge in [-0.25, -0.2) is 0 Å². The largest absolute Gasteiger partial charge is 0.489 e. The molecule has 0 saturated carbocycles. The van der Waals surface area contributed by atoms with Crippen molar-refractivity contribution in [1.29, 1.82) is 0 Å². The molecule has 0 bridgehead atoms. The van der Waals surface area contributed by atoms with E-state index in [-0.39, 0.29) is 0 Å². The average Bonchev–Trinajstić information content (AvgIpc) is 2.33. The topological polar surface area (TPSA) is 35.2 Å². The molecule has 0 aromatic heterocycles. The number of ether oxygens (including phenoxy) is 1. The van der Waals surface area contributed by atoms with Gasteiger partial charge in [-0.3, -0.25) is 0 Å². The fraction of sp³-hybridized carbons (Fsp3) is 0.143. The zero-order valence-electron chi connectivity index (χ0n) is 9.61. The maximum absolute atomic E-state index is 5.85. The highest BCUT2D eigenvalue weighted by Crippen LogP contribution is 2.20. The lowest BCUT2D eigenvalue weighted by atomic mass is 10.1. The van der Waals surface area contributed by atoms with Gasteiger partial charge in [0, 0.05) is 10.2 Å². The summed E-state index contributed by atoms with van der Waals surface area (Å²) in [7, 11) is 0. The predicted octanol–water partition coefficient (Wildman–Crippen LogP) is 3.92. The molecule has 2 aromatic carbocycles. The van der Waals surface area contributed by atoms with Gasteiger partial charge in [0.25, 0.3) is 0 Å². The number of nitrogens with two attached hydrogens (primary N) is 1. The lowest BCUT2D eigenvalue weighted by Crippen LogP contribution is -2.00. The van der Waals surface area contributed by atoms with Crippen molar-refractivity contribution in [3.63, 3.8) is 0 Å². The summed E-state index contributed by atoms with van der Waals surface area (Å²) in [6.07, 6.45) is 0. The van der Waals surface area contributed by atoms with Crippen LogP contribution in [-0.4, -0.2) is 0 Å². The van der Waals surface area contributed by atoms with E-state index >= 15 is 0 Å². The number of benzene rings is 2. The Morgan fingerprint density at radius 2 is 1.82 bits per heavy atom. The summed E-state index contributed by atoms with van der Waals surface area (Å²) < 4.78 is 6.75. The molecule has 2 N–H and O–H groups in total. The molecule has 0 atom stereocenters. The average molecular weight is 292 g/mol. The molecule has 0 heterocycles. The second-order valence-corrected chi connectivity index (χ2v) is 4.79. The summed E-state index contributed by atoms with van der Waals surface area (Å²) in [4.78, 5) is 0. The van der Waals surface area contributed by atoms with E-state index in [1.807, 2.05) is 49.4 Å². The minimum Gasteiger partial charge on any atom is -0.489 e. The predicted molar refractivity (Wildman–Crippen MR) is 74.1 cm³/mol. The molecular formula is C14H14BrNO. The Morgan fingerprint density at radius 3 is 2.53 bits per heavy atom. The summed E-state index contributed by atoms with van der Waals surface area (Å²) in [5, 5.41) is 0. The summed E-state index contributed by atoms with van der Waals surface area (Å²) in [6.45, 7) is 2.55. The molecule has 3 heteroatoms. The summed E-state index contributed by atoms with van der Waals surface area (Å²) in [5.74, 6) is 0.857. The van der Waals surface area contributed by atoms with Crippen LogP contribution in [0.4, 0.5) is 5.69 Å². The van der Waals surface area contributed by atoms with Gasteiger partial charge in [-0.2, -0.15) is 0 Å². The molecule has 0 amide bonds. The van der Waals surface area contributed by atoms with Crippen molar-refractivity contribution in [3.8, 4) is 5.75 Å². The zero-order valence-corrected chi connectivity index (χ0v) is 11.2. The number of hydrogen-bond donors (Lipinski definition) is 1. The Kier molecular flexibility index (Phi) is 3.69. The van der Waals surface area contributed by atoms with Crippen LogP contribution < -0.4 is 10.5 Å². The Morgan fingerprint density at radius 1 is 1.12 bits per heavy atom. The smallest absolute Gasteiger partial charge is 0.119 e. The molecule has 2 nitrogen and oxygen atoms in total. The quantitative estimate of drug-likeness (QED) is 0.870. The third-order valence-corrected chi connectivity index (χ3v) is 3.22. The van der Waals surface area contributed by atoms with Crippen molar-refractivity contribution >= 4 is 21.6 Å². The van der Waals surface area contributed by atoms with Gasteiger partial charge in [0.2, 0.25) is 0 Å². The molecule has 88 valence electrons. The Balaban J connectivity index is 2.07. The van der Waals surface area contributed by atoms with Gasteiger partial charge in [-0.1, -0.05) is 28.1 Å². The first-order valence-corrected chi connectivity index (χ1v) is 6.18. The molecular weight excluding hydrogens is 278 g/mol. The lowest BCUT2D eigenvalue weighted by Gasteiger charge is -2.10.